The second-order valence-corrected chi connectivity index (χ2v) is 5.65. The van der Waals surface area contributed by atoms with E-state index in [1.807, 2.05) is 4.90 Å². The van der Waals surface area contributed by atoms with Crippen LogP contribution in [0.3, 0.4) is 0 Å². The molecule has 0 aromatic carbocycles. The molecular weight excluding hydrogens is 244 g/mol. The zero-order valence-electron chi connectivity index (χ0n) is 11.8. The van der Waals surface area contributed by atoms with E-state index < -0.39 is 5.97 Å². The molecule has 2 bridgehead atoms. The summed E-state index contributed by atoms with van der Waals surface area (Å²) >= 11 is 0. The van der Waals surface area contributed by atoms with Gasteiger partial charge in [0.1, 0.15) is 0 Å². The fourth-order valence-electron chi connectivity index (χ4n) is 3.05. The zero-order chi connectivity index (χ0) is 14.2. The maximum Gasteiger partial charge on any atom is 0.331 e. The van der Waals surface area contributed by atoms with Crippen molar-refractivity contribution < 1.29 is 14.7 Å². The SMILES string of the molecule is CC(C(=O)O)=C(C)C(=O)N1CCC2CCC(C1)N2C. The Hall–Kier alpha value is -1.36. The minimum Gasteiger partial charge on any atom is -0.478 e. The van der Waals surface area contributed by atoms with Gasteiger partial charge >= 0.3 is 5.97 Å². The number of hydrogen-bond acceptors (Lipinski definition) is 3. The summed E-state index contributed by atoms with van der Waals surface area (Å²) in [5.41, 5.74) is 0.501. The van der Waals surface area contributed by atoms with Crippen molar-refractivity contribution in [3.63, 3.8) is 0 Å². The van der Waals surface area contributed by atoms with Crippen LogP contribution in [-0.4, -0.2) is 59.0 Å². The monoisotopic (exact) mass is 266 g/mol. The van der Waals surface area contributed by atoms with Gasteiger partial charge in [-0.2, -0.15) is 0 Å². The first kappa shape index (κ1) is 14.1. The highest BCUT2D eigenvalue weighted by Gasteiger charge is 2.36. The lowest BCUT2D eigenvalue weighted by atomic mass is 10.1. The first-order valence-corrected chi connectivity index (χ1v) is 6.83. The van der Waals surface area contributed by atoms with Gasteiger partial charge in [0.2, 0.25) is 5.91 Å². The fourth-order valence-corrected chi connectivity index (χ4v) is 3.05. The van der Waals surface area contributed by atoms with Crippen LogP contribution in [0.15, 0.2) is 11.1 Å². The molecule has 0 aliphatic carbocycles. The molecule has 1 amide bonds. The van der Waals surface area contributed by atoms with E-state index in [4.69, 9.17) is 5.11 Å². The fraction of sp³-hybridized carbons (Fsp3) is 0.714. The summed E-state index contributed by atoms with van der Waals surface area (Å²) in [5.74, 6) is -1.14. The third kappa shape index (κ3) is 2.66. The third-order valence-corrected chi connectivity index (χ3v) is 4.64. The van der Waals surface area contributed by atoms with Crippen molar-refractivity contribution in [1.82, 2.24) is 9.80 Å². The summed E-state index contributed by atoms with van der Waals surface area (Å²) in [6.07, 6.45) is 3.33. The van der Waals surface area contributed by atoms with Crippen molar-refractivity contribution in [2.45, 2.75) is 45.2 Å². The molecule has 2 aliphatic rings. The van der Waals surface area contributed by atoms with Crippen molar-refractivity contribution in [1.29, 1.82) is 0 Å². The Labute approximate surface area is 113 Å². The number of carboxylic acids is 1. The topological polar surface area (TPSA) is 60.9 Å². The molecule has 0 radical (unpaired) electrons. The first-order chi connectivity index (χ1) is 8.91. The Morgan fingerprint density at radius 3 is 2.32 bits per heavy atom. The Kier molecular flexibility index (Phi) is 3.94. The maximum atomic E-state index is 12.4. The number of likely N-dealkylation sites (tertiary alicyclic amines) is 1. The van der Waals surface area contributed by atoms with Crippen molar-refractivity contribution in [3.8, 4) is 0 Å². The van der Waals surface area contributed by atoms with E-state index in [-0.39, 0.29) is 11.5 Å². The molecule has 1 N–H and O–H groups in total. The molecule has 5 heteroatoms. The number of nitrogens with zero attached hydrogens (tertiary/aromatic N) is 2. The average molecular weight is 266 g/mol. The van der Waals surface area contributed by atoms with Gasteiger partial charge in [-0.05, 0) is 40.2 Å². The highest BCUT2D eigenvalue weighted by Crippen LogP contribution is 2.29. The van der Waals surface area contributed by atoms with E-state index in [9.17, 15) is 9.59 Å². The molecule has 19 heavy (non-hydrogen) atoms. The molecule has 0 saturated carbocycles. The lowest BCUT2D eigenvalue weighted by Gasteiger charge is -2.26. The van der Waals surface area contributed by atoms with Crippen LogP contribution in [0.1, 0.15) is 33.1 Å². The van der Waals surface area contributed by atoms with Gasteiger partial charge in [0, 0.05) is 36.3 Å². The third-order valence-electron chi connectivity index (χ3n) is 4.64. The molecule has 0 aromatic rings. The van der Waals surface area contributed by atoms with E-state index in [1.54, 1.807) is 6.92 Å². The summed E-state index contributed by atoms with van der Waals surface area (Å²) in [5, 5.41) is 8.97. The number of aliphatic carboxylic acids is 1. The van der Waals surface area contributed by atoms with E-state index in [0.29, 0.717) is 17.7 Å². The molecule has 106 valence electrons. The van der Waals surface area contributed by atoms with Crippen LogP contribution in [-0.2, 0) is 9.59 Å². The Bertz CT molecular complexity index is 430. The average Bonchev–Trinajstić information content (AvgIpc) is 2.60. The van der Waals surface area contributed by atoms with Crippen LogP contribution >= 0.6 is 0 Å². The van der Waals surface area contributed by atoms with Gasteiger partial charge in [-0.15, -0.1) is 0 Å². The second kappa shape index (κ2) is 5.33. The summed E-state index contributed by atoms with van der Waals surface area (Å²) in [4.78, 5) is 27.5. The van der Waals surface area contributed by atoms with Crippen molar-refractivity contribution in [3.05, 3.63) is 11.1 Å². The van der Waals surface area contributed by atoms with Crippen LogP contribution in [0.25, 0.3) is 0 Å². The second-order valence-electron chi connectivity index (χ2n) is 5.65. The molecule has 2 heterocycles. The largest absolute Gasteiger partial charge is 0.478 e. The molecule has 0 spiro atoms. The van der Waals surface area contributed by atoms with Crippen LogP contribution in [0.5, 0.6) is 0 Å². The number of carbonyl (C=O) groups is 2. The van der Waals surface area contributed by atoms with Crippen LogP contribution in [0.4, 0.5) is 0 Å². The van der Waals surface area contributed by atoms with Crippen molar-refractivity contribution >= 4 is 11.9 Å². The van der Waals surface area contributed by atoms with Gasteiger partial charge in [-0.3, -0.25) is 9.69 Å². The number of amides is 1. The van der Waals surface area contributed by atoms with Crippen LogP contribution < -0.4 is 0 Å². The van der Waals surface area contributed by atoms with Gasteiger partial charge in [-0.25, -0.2) is 4.79 Å². The van der Waals surface area contributed by atoms with Gasteiger partial charge in [0.25, 0.3) is 0 Å². The molecular formula is C14H22N2O3. The maximum absolute atomic E-state index is 12.4. The van der Waals surface area contributed by atoms with E-state index in [1.165, 1.54) is 13.3 Å². The predicted octanol–water partition coefficient (Wildman–Crippen LogP) is 1.10. The Morgan fingerprint density at radius 2 is 1.68 bits per heavy atom. The number of likely N-dealkylation sites (N-methyl/N-ethyl adjacent to an activating group) is 1. The van der Waals surface area contributed by atoms with E-state index >= 15 is 0 Å². The summed E-state index contributed by atoms with van der Waals surface area (Å²) < 4.78 is 0. The number of carboxylic acid groups (broad SMARTS) is 1. The summed E-state index contributed by atoms with van der Waals surface area (Å²) in [6.45, 7) is 4.55. The molecule has 2 aliphatic heterocycles. The lowest BCUT2D eigenvalue weighted by molar-refractivity contribution is -0.134. The Balaban J connectivity index is 2.13. The Morgan fingerprint density at radius 1 is 1.05 bits per heavy atom. The molecule has 2 rings (SSSR count). The molecule has 0 aromatic heterocycles. The minimum atomic E-state index is -1.01. The van der Waals surface area contributed by atoms with Crippen molar-refractivity contribution in [2.24, 2.45) is 0 Å². The summed E-state index contributed by atoms with van der Waals surface area (Å²) in [6, 6.07) is 1.00. The smallest absolute Gasteiger partial charge is 0.331 e. The lowest BCUT2D eigenvalue weighted by Crippen LogP contribution is -2.40. The number of rotatable bonds is 2. The predicted molar refractivity (Wildman–Crippen MR) is 71.8 cm³/mol. The number of fused-ring (bicyclic) bond motifs is 2. The summed E-state index contributed by atoms with van der Waals surface area (Å²) in [7, 11) is 2.13. The van der Waals surface area contributed by atoms with Gasteiger partial charge in [-0.1, -0.05) is 0 Å². The van der Waals surface area contributed by atoms with Gasteiger partial charge in [0.05, 0.1) is 0 Å². The standard InChI is InChI=1S/C14H22N2O3/c1-9(10(2)14(18)19)13(17)16-7-6-11-4-5-12(8-16)15(11)3/h11-12H,4-8H2,1-3H3,(H,18,19). The minimum absolute atomic E-state index is 0.124. The normalized spacial score (nSPS) is 28.9. The quantitative estimate of drug-likeness (QED) is 0.760. The first-order valence-electron chi connectivity index (χ1n) is 6.83. The van der Waals surface area contributed by atoms with Gasteiger partial charge in [0.15, 0.2) is 0 Å². The molecule has 2 atom stereocenters. The number of carbonyl (C=O) groups excluding carboxylic acids is 1. The van der Waals surface area contributed by atoms with Crippen molar-refractivity contribution in [2.75, 3.05) is 20.1 Å². The van der Waals surface area contributed by atoms with Crippen LogP contribution in [0.2, 0.25) is 0 Å². The van der Waals surface area contributed by atoms with Crippen LogP contribution in [0, 0.1) is 0 Å². The molecule has 2 saturated heterocycles. The highest BCUT2D eigenvalue weighted by atomic mass is 16.4. The molecule has 2 fully saturated rings. The van der Waals surface area contributed by atoms with E-state index in [0.717, 1.165) is 25.9 Å². The molecule has 5 nitrogen and oxygen atoms in total. The van der Waals surface area contributed by atoms with Gasteiger partial charge < -0.3 is 10.0 Å². The number of hydrogen-bond donors (Lipinski definition) is 1. The zero-order valence-corrected chi connectivity index (χ0v) is 11.8. The highest BCUT2D eigenvalue weighted by molar-refractivity contribution is 6.01. The van der Waals surface area contributed by atoms with E-state index in [2.05, 4.69) is 11.9 Å². The molecule has 2 unspecified atom stereocenters.